The van der Waals surface area contributed by atoms with Gasteiger partial charge in [0.1, 0.15) is 0 Å². The normalized spacial score (nSPS) is 13.2. The summed E-state index contributed by atoms with van der Waals surface area (Å²) in [6.07, 6.45) is 0.537. The maximum atomic E-state index is 11.2. The van der Waals surface area contributed by atoms with Crippen molar-refractivity contribution in [2.45, 2.75) is 32.2 Å². The van der Waals surface area contributed by atoms with Crippen LogP contribution in [0.4, 0.5) is 0 Å². The molecule has 0 fully saturated rings. The Morgan fingerprint density at radius 1 is 1.47 bits per heavy atom. The standard InChI is InChI=1S/C12H17NO3S/c1-12(2,3)9-6-5-8(17-9)10(11(15)16)13(4)7-14/h5-7,10H,1-4H3,(H,15,16). The maximum Gasteiger partial charge on any atom is 0.331 e. The highest BCUT2D eigenvalue weighted by Gasteiger charge is 2.27. The number of hydrogen-bond donors (Lipinski definition) is 1. The fourth-order valence-corrected chi connectivity index (χ4v) is 2.67. The molecule has 0 saturated heterocycles. The molecule has 0 radical (unpaired) electrons. The Labute approximate surface area is 105 Å². The molecule has 4 nitrogen and oxygen atoms in total. The Morgan fingerprint density at radius 3 is 2.41 bits per heavy atom. The lowest BCUT2D eigenvalue weighted by molar-refractivity contribution is -0.145. The topological polar surface area (TPSA) is 57.6 Å². The average Bonchev–Trinajstić information content (AvgIpc) is 2.65. The van der Waals surface area contributed by atoms with Crippen molar-refractivity contribution in [2.24, 2.45) is 0 Å². The highest BCUT2D eigenvalue weighted by atomic mass is 32.1. The van der Waals surface area contributed by atoms with Gasteiger partial charge in [-0.1, -0.05) is 20.8 Å². The number of rotatable bonds is 4. The van der Waals surface area contributed by atoms with E-state index in [0.717, 1.165) is 4.88 Å². The molecule has 0 aliphatic heterocycles. The van der Waals surface area contributed by atoms with Gasteiger partial charge in [-0.05, 0) is 17.5 Å². The summed E-state index contributed by atoms with van der Waals surface area (Å²) >= 11 is 1.44. The minimum Gasteiger partial charge on any atom is -0.479 e. The monoisotopic (exact) mass is 255 g/mol. The molecular weight excluding hydrogens is 238 g/mol. The Balaban J connectivity index is 3.09. The predicted molar refractivity (Wildman–Crippen MR) is 67.2 cm³/mol. The molecule has 1 aromatic rings. The number of hydrogen-bond acceptors (Lipinski definition) is 3. The van der Waals surface area contributed by atoms with Crippen LogP contribution in [0, 0.1) is 0 Å². The van der Waals surface area contributed by atoms with Gasteiger partial charge in [-0.25, -0.2) is 4.79 Å². The molecule has 1 atom stereocenters. The molecule has 1 aromatic heterocycles. The molecule has 17 heavy (non-hydrogen) atoms. The van der Waals surface area contributed by atoms with Crippen molar-refractivity contribution < 1.29 is 14.7 Å². The van der Waals surface area contributed by atoms with Crippen molar-refractivity contribution in [1.29, 1.82) is 0 Å². The summed E-state index contributed by atoms with van der Waals surface area (Å²) in [5.74, 6) is -1.01. The van der Waals surface area contributed by atoms with Crippen molar-refractivity contribution in [3.05, 3.63) is 21.9 Å². The summed E-state index contributed by atoms with van der Waals surface area (Å²) in [5, 5.41) is 9.15. The lowest BCUT2D eigenvalue weighted by atomic mass is 9.95. The first-order valence-electron chi connectivity index (χ1n) is 5.27. The second-order valence-electron chi connectivity index (χ2n) is 4.96. The fraction of sp³-hybridized carbons (Fsp3) is 0.500. The van der Waals surface area contributed by atoms with Crippen LogP contribution in [0.3, 0.4) is 0 Å². The van der Waals surface area contributed by atoms with Crippen molar-refractivity contribution in [3.8, 4) is 0 Å². The van der Waals surface area contributed by atoms with Crippen LogP contribution in [0.15, 0.2) is 12.1 Å². The summed E-state index contributed by atoms with van der Waals surface area (Å²) in [6.45, 7) is 6.21. The average molecular weight is 255 g/mol. The summed E-state index contributed by atoms with van der Waals surface area (Å²) in [7, 11) is 1.47. The molecule has 0 aliphatic carbocycles. The van der Waals surface area contributed by atoms with E-state index in [1.54, 1.807) is 6.07 Å². The van der Waals surface area contributed by atoms with Gasteiger partial charge >= 0.3 is 5.97 Å². The molecule has 0 bridgehead atoms. The minimum atomic E-state index is -1.01. The summed E-state index contributed by atoms with van der Waals surface area (Å²) in [4.78, 5) is 24.8. The third-order valence-corrected chi connectivity index (χ3v) is 4.01. The molecule has 1 rings (SSSR count). The number of carboxylic acids is 1. The highest BCUT2D eigenvalue weighted by Crippen LogP contribution is 2.33. The Hall–Kier alpha value is -1.36. The number of thiophene rings is 1. The summed E-state index contributed by atoms with van der Waals surface area (Å²) < 4.78 is 0. The number of carboxylic acid groups (broad SMARTS) is 1. The van der Waals surface area contributed by atoms with E-state index in [9.17, 15) is 9.59 Å². The van der Waals surface area contributed by atoms with Crippen molar-refractivity contribution in [1.82, 2.24) is 4.90 Å². The van der Waals surface area contributed by atoms with Crippen LogP contribution in [0.1, 0.15) is 36.6 Å². The molecule has 0 saturated carbocycles. The van der Waals surface area contributed by atoms with Crippen molar-refractivity contribution >= 4 is 23.7 Å². The number of aliphatic carboxylic acids is 1. The number of likely N-dealkylation sites (N-methyl/N-ethyl adjacent to an activating group) is 1. The number of carbonyl (C=O) groups is 2. The van der Waals surface area contributed by atoms with Gasteiger partial charge in [-0.2, -0.15) is 0 Å². The van der Waals surface area contributed by atoms with Gasteiger partial charge in [0.2, 0.25) is 6.41 Å². The van der Waals surface area contributed by atoms with E-state index >= 15 is 0 Å². The first-order valence-corrected chi connectivity index (χ1v) is 6.09. The van der Waals surface area contributed by atoms with Gasteiger partial charge in [0, 0.05) is 16.8 Å². The third kappa shape index (κ3) is 3.06. The molecule has 1 N–H and O–H groups in total. The fourth-order valence-electron chi connectivity index (χ4n) is 1.46. The molecule has 0 spiro atoms. The van der Waals surface area contributed by atoms with E-state index in [1.807, 2.05) is 6.07 Å². The summed E-state index contributed by atoms with van der Waals surface area (Å²) in [5.41, 5.74) is -0.00821. The van der Waals surface area contributed by atoms with Crippen LogP contribution < -0.4 is 0 Å². The molecule has 1 heterocycles. The molecule has 94 valence electrons. The lowest BCUT2D eigenvalue weighted by Crippen LogP contribution is -2.28. The van der Waals surface area contributed by atoms with Gasteiger partial charge in [-0.15, -0.1) is 11.3 Å². The van der Waals surface area contributed by atoms with Crippen molar-refractivity contribution in [2.75, 3.05) is 7.05 Å². The van der Waals surface area contributed by atoms with E-state index in [4.69, 9.17) is 5.11 Å². The predicted octanol–water partition coefficient (Wildman–Crippen LogP) is 2.26. The van der Waals surface area contributed by atoms with E-state index in [2.05, 4.69) is 20.8 Å². The van der Waals surface area contributed by atoms with Gasteiger partial charge in [0.15, 0.2) is 6.04 Å². The lowest BCUT2D eigenvalue weighted by Gasteiger charge is -2.19. The quantitative estimate of drug-likeness (QED) is 0.840. The van der Waals surface area contributed by atoms with Gasteiger partial charge < -0.3 is 10.0 Å². The Bertz CT molecular complexity index is 420. The van der Waals surface area contributed by atoms with Crippen molar-refractivity contribution in [3.63, 3.8) is 0 Å². The Morgan fingerprint density at radius 2 is 2.06 bits per heavy atom. The number of nitrogens with zero attached hydrogens (tertiary/aromatic N) is 1. The largest absolute Gasteiger partial charge is 0.479 e. The first-order chi connectivity index (χ1) is 7.77. The van der Waals surface area contributed by atoms with Crippen LogP contribution in [-0.2, 0) is 15.0 Å². The first kappa shape index (κ1) is 13.7. The smallest absolute Gasteiger partial charge is 0.331 e. The van der Waals surface area contributed by atoms with E-state index in [1.165, 1.54) is 23.3 Å². The zero-order valence-electron chi connectivity index (χ0n) is 10.4. The van der Waals surface area contributed by atoms with Crippen LogP contribution >= 0.6 is 11.3 Å². The van der Waals surface area contributed by atoms with E-state index < -0.39 is 12.0 Å². The number of carbonyl (C=O) groups excluding carboxylic acids is 1. The SMILES string of the molecule is CN(C=O)C(C(=O)O)c1ccc(C(C)(C)C)s1. The second-order valence-corrected chi connectivity index (χ2v) is 6.08. The number of amides is 1. The molecular formula is C12H17NO3S. The zero-order chi connectivity index (χ0) is 13.2. The van der Waals surface area contributed by atoms with E-state index in [0.29, 0.717) is 11.3 Å². The molecule has 0 aromatic carbocycles. The Kier molecular flexibility index (Phi) is 3.93. The van der Waals surface area contributed by atoms with Crippen LogP contribution in [0.25, 0.3) is 0 Å². The van der Waals surface area contributed by atoms with Crippen LogP contribution in [-0.4, -0.2) is 29.4 Å². The third-order valence-electron chi connectivity index (χ3n) is 2.44. The van der Waals surface area contributed by atoms with Crippen LogP contribution in [0.2, 0.25) is 0 Å². The molecule has 5 heteroatoms. The molecule has 1 amide bonds. The van der Waals surface area contributed by atoms with E-state index in [-0.39, 0.29) is 5.41 Å². The zero-order valence-corrected chi connectivity index (χ0v) is 11.2. The second kappa shape index (κ2) is 4.87. The summed E-state index contributed by atoms with van der Waals surface area (Å²) in [6, 6.07) is 2.81. The molecule has 0 aliphatic rings. The van der Waals surface area contributed by atoms with Gasteiger partial charge in [-0.3, -0.25) is 4.79 Å². The van der Waals surface area contributed by atoms with Gasteiger partial charge in [0.05, 0.1) is 0 Å². The van der Waals surface area contributed by atoms with Gasteiger partial charge in [0.25, 0.3) is 0 Å². The maximum absolute atomic E-state index is 11.2. The highest BCUT2D eigenvalue weighted by molar-refractivity contribution is 7.12. The minimum absolute atomic E-state index is 0.00821. The van der Waals surface area contributed by atoms with Crippen LogP contribution in [0.5, 0.6) is 0 Å². The molecule has 1 unspecified atom stereocenters.